The molecule has 0 unspecified atom stereocenters. The van der Waals surface area contributed by atoms with Crippen LogP contribution in [0.2, 0.25) is 5.02 Å². The largest absolute Gasteiger partial charge is 0.481 e. The highest BCUT2D eigenvalue weighted by Gasteiger charge is 2.12. The number of methoxy groups -OCH3 is 1. The molecular weight excluding hydrogens is 290 g/mol. The molecule has 0 radical (unpaired) electrons. The predicted molar refractivity (Wildman–Crippen MR) is 81.5 cm³/mol. The van der Waals surface area contributed by atoms with E-state index in [-0.39, 0.29) is 0 Å². The Labute approximate surface area is 127 Å². The quantitative estimate of drug-likeness (QED) is 0.906. The van der Waals surface area contributed by atoms with Gasteiger partial charge in [0.15, 0.2) is 0 Å². The molecule has 0 saturated heterocycles. The summed E-state index contributed by atoms with van der Waals surface area (Å²) >= 11 is 6.06. The topological polar surface area (TPSA) is 61.8 Å². The molecule has 2 heterocycles. The van der Waals surface area contributed by atoms with Crippen LogP contribution in [-0.4, -0.2) is 23.6 Å². The molecule has 2 N–H and O–H groups in total. The standard InChI is InChI=1S/C14H14ClN5O/c1-21-14-13(11-3-2-4-12(15)6-11)5-10(7-16-14)8-20-18-9-17-19-20/h2-7,9,19H,8H2,1H3,(H,17,18). The normalized spacial score (nSPS) is 13.8. The van der Waals surface area contributed by atoms with Gasteiger partial charge in [-0.25, -0.2) is 10.5 Å². The molecule has 3 rings (SSSR count). The van der Waals surface area contributed by atoms with Crippen LogP contribution in [0.25, 0.3) is 11.1 Å². The van der Waals surface area contributed by atoms with Gasteiger partial charge in [-0.2, -0.15) is 5.10 Å². The molecule has 0 spiro atoms. The summed E-state index contributed by atoms with van der Waals surface area (Å²) in [6.07, 6.45) is 3.35. The van der Waals surface area contributed by atoms with E-state index in [1.54, 1.807) is 24.8 Å². The van der Waals surface area contributed by atoms with E-state index in [1.165, 1.54) is 0 Å². The molecule has 7 heteroatoms. The van der Waals surface area contributed by atoms with Gasteiger partial charge in [-0.15, -0.1) is 5.12 Å². The third-order valence-corrected chi connectivity index (χ3v) is 3.27. The molecule has 6 nitrogen and oxygen atoms in total. The summed E-state index contributed by atoms with van der Waals surface area (Å²) in [6.45, 7) is 0.602. The second-order valence-electron chi connectivity index (χ2n) is 4.48. The zero-order valence-electron chi connectivity index (χ0n) is 11.4. The van der Waals surface area contributed by atoms with Gasteiger partial charge in [0.25, 0.3) is 0 Å². The van der Waals surface area contributed by atoms with Crippen molar-refractivity contribution in [3.8, 4) is 17.0 Å². The number of nitrogens with one attached hydrogen (secondary N) is 2. The highest BCUT2D eigenvalue weighted by Crippen LogP contribution is 2.30. The molecular formula is C14H14ClN5O. The summed E-state index contributed by atoms with van der Waals surface area (Å²) in [5.74, 6) is 0.569. The minimum absolute atomic E-state index is 0.569. The summed E-state index contributed by atoms with van der Waals surface area (Å²) in [7, 11) is 1.60. The number of hydrogen-bond acceptors (Lipinski definition) is 6. The van der Waals surface area contributed by atoms with Crippen LogP contribution in [0, 0.1) is 0 Å². The number of benzene rings is 1. The average Bonchev–Trinajstić information content (AvgIpc) is 3.00. The van der Waals surface area contributed by atoms with E-state index in [2.05, 4.69) is 21.0 Å². The smallest absolute Gasteiger partial charge is 0.221 e. The van der Waals surface area contributed by atoms with Crippen LogP contribution >= 0.6 is 11.6 Å². The molecule has 0 saturated carbocycles. The number of aromatic nitrogens is 1. The molecule has 1 aromatic carbocycles. The highest BCUT2D eigenvalue weighted by molar-refractivity contribution is 6.30. The van der Waals surface area contributed by atoms with Crippen molar-refractivity contribution in [3.63, 3.8) is 0 Å². The van der Waals surface area contributed by atoms with Crippen molar-refractivity contribution >= 4 is 17.9 Å². The maximum Gasteiger partial charge on any atom is 0.221 e. The summed E-state index contributed by atoms with van der Waals surface area (Å²) in [6, 6.07) is 9.63. The fraction of sp³-hybridized carbons (Fsp3) is 0.143. The lowest BCUT2D eigenvalue weighted by Crippen LogP contribution is -2.38. The number of hydrazine groups is 2. The summed E-state index contributed by atoms with van der Waals surface area (Å²) in [5, 5.41) is 6.28. The first-order chi connectivity index (χ1) is 10.3. The average molecular weight is 304 g/mol. The number of hydrogen-bond donors (Lipinski definition) is 2. The van der Waals surface area contributed by atoms with Crippen LogP contribution in [0.4, 0.5) is 0 Å². The number of pyridine rings is 1. The second-order valence-corrected chi connectivity index (χ2v) is 4.92. The Kier molecular flexibility index (Phi) is 3.89. The van der Waals surface area contributed by atoms with Gasteiger partial charge >= 0.3 is 0 Å². The molecule has 0 fully saturated rings. The third-order valence-electron chi connectivity index (χ3n) is 3.03. The van der Waals surface area contributed by atoms with E-state index in [0.29, 0.717) is 17.4 Å². The molecule has 0 atom stereocenters. The Bertz CT molecular complexity index is 668. The maximum absolute atomic E-state index is 6.06. The number of hydrazone groups is 1. The zero-order valence-corrected chi connectivity index (χ0v) is 12.1. The molecule has 0 amide bonds. The van der Waals surface area contributed by atoms with E-state index >= 15 is 0 Å². The van der Waals surface area contributed by atoms with Gasteiger partial charge in [0.1, 0.15) is 6.34 Å². The van der Waals surface area contributed by atoms with Crippen molar-refractivity contribution in [1.82, 2.24) is 21.1 Å². The van der Waals surface area contributed by atoms with Crippen molar-refractivity contribution < 1.29 is 4.74 Å². The lowest BCUT2D eigenvalue weighted by atomic mass is 10.1. The van der Waals surface area contributed by atoms with Gasteiger partial charge in [0.05, 0.1) is 13.7 Å². The first-order valence-corrected chi connectivity index (χ1v) is 6.74. The van der Waals surface area contributed by atoms with Crippen LogP contribution < -0.4 is 15.7 Å². The van der Waals surface area contributed by atoms with E-state index in [0.717, 1.165) is 16.7 Å². The van der Waals surface area contributed by atoms with Gasteiger partial charge in [-0.05, 0) is 29.3 Å². The van der Waals surface area contributed by atoms with Crippen LogP contribution in [0.5, 0.6) is 5.88 Å². The number of halogens is 1. The lowest BCUT2D eigenvalue weighted by Gasteiger charge is -2.16. The minimum atomic E-state index is 0.569. The van der Waals surface area contributed by atoms with Gasteiger partial charge in [-0.1, -0.05) is 23.7 Å². The lowest BCUT2D eigenvalue weighted by molar-refractivity contribution is 0.170. The van der Waals surface area contributed by atoms with Crippen molar-refractivity contribution in [2.75, 3.05) is 7.11 Å². The van der Waals surface area contributed by atoms with Gasteiger partial charge in [0.2, 0.25) is 5.88 Å². The molecule has 1 aliphatic rings. The third kappa shape index (κ3) is 3.07. The second kappa shape index (κ2) is 5.99. The fourth-order valence-corrected chi connectivity index (χ4v) is 2.29. The van der Waals surface area contributed by atoms with Gasteiger partial charge in [-0.3, -0.25) is 5.43 Å². The fourth-order valence-electron chi connectivity index (χ4n) is 2.10. The first-order valence-electron chi connectivity index (χ1n) is 6.36. The Morgan fingerprint density at radius 3 is 2.95 bits per heavy atom. The Balaban J connectivity index is 1.93. The monoisotopic (exact) mass is 303 g/mol. The SMILES string of the molecule is COc1ncc(CN2NC=NN2)cc1-c1cccc(Cl)c1. The Hall–Kier alpha value is -2.31. The van der Waals surface area contributed by atoms with Crippen molar-refractivity contribution in [3.05, 3.63) is 47.1 Å². The van der Waals surface area contributed by atoms with Crippen molar-refractivity contribution in [1.29, 1.82) is 0 Å². The van der Waals surface area contributed by atoms with Crippen LogP contribution in [0.1, 0.15) is 5.56 Å². The van der Waals surface area contributed by atoms with Crippen molar-refractivity contribution in [2.45, 2.75) is 6.54 Å². The van der Waals surface area contributed by atoms with Crippen molar-refractivity contribution in [2.24, 2.45) is 5.10 Å². The first kappa shape index (κ1) is 13.7. The zero-order chi connectivity index (χ0) is 14.7. The summed E-state index contributed by atoms with van der Waals surface area (Å²) in [4.78, 5) is 4.36. The van der Waals surface area contributed by atoms with Crippen LogP contribution in [0.15, 0.2) is 41.6 Å². The van der Waals surface area contributed by atoms with Gasteiger partial charge in [0, 0.05) is 16.8 Å². The number of ether oxygens (including phenoxy) is 1. The van der Waals surface area contributed by atoms with Gasteiger partial charge < -0.3 is 4.74 Å². The Morgan fingerprint density at radius 1 is 1.33 bits per heavy atom. The Morgan fingerprint density at radius 2 is 2.24 bits per heavy atom. The number of rotatable bonds is 4. The van der Waals surface area contributed by atoms with E-state index in [4.69, 9.17) is 16.3 Å². The van der Waals surface area contributed by atoms with E-state index in [1.807, 2.05) is 30.3 Å². The van der Waals surface area contributed by atoms with Crippen LogP contribution in [0.3, 0.4) is 0 Å². The highest BCUT2D eigenvalue weighted by atomic mass is 35.5. The van der Waals surface area contributed by atoms with E-state index < -0.39 is 0 Å². The molecule has 1 aliphatic heterocycles. The van der Waals surface area contributed by atoms with Crippen LogP contribution in [-0.2, 0) is 6.54 Å². The predicted octanol–water partition coefficient (Wildman–Crippen LogP) is 2.18. The molecule has 21 heavy (non-hydrogen) atoms. The summed E-state index contributed by atoms with van der Waals surface area (Å²) < 4.78 is 5.34. The minimum Gasteiger partial charge on any atom is -0.481 e. The molecule has 108 valence electrons. The summed E-state index contributed by atoms with van der Waals surface area (Å²) in [5.41, 5.74) is 8.64. The molecule has 2 aromatic rings. The molecule has 1 aromatic heterocycles. The number of nitrogens with zero attached hydrogens (tertiary/aromatic N) is 3. The molecule has 0 aliphatic carbocycles. The maximum atomic E-state index is 6.06. The van der Waals surface area contributed by atoms with E-state index in [9.17, 15) is 0 Å². The molecule has 0 bridgehead atoms.